The molecule has 0 unspecified atom stereocenters. The summed E-state index contributed by atoms with van der Waals surface area (Å²) in [5.74, 6) is -4.55. The predicted octanol–water partition coefficient (Wildman–Crippen LogP) is 5.43. The fourth-order valence-electron chi connectivity index (χ4n) is 7.83. The molecule has 0 bridgehead atoms. The number of ether oxygens (including phenoxy) is 3. The summed E-state index contributed by atoms with van der Waals surface area (Å²) in [6.07, 6.45) is 4.88. The standard InChI is InChI=1S/C42H54N4O9/c1-6-13-32(41(50)51)44-38(47)30-20-28(55-35-23-33(25-14-9-7-10-15-25)43-34-22-27(53-4)18-19-29(34)35)21-31(30)39(48)45-36(24(2)3)40(49)46-37(42(52)54-5)26-16-11-8-12-17-26/h7,9-10,14-15,18-19,22-24,26,28,30-32,36-37H,6,8,11-13,16-17,20-21H2,1-5H3,(H,44,47)(H,45,48)(H,46,49)(H,50,51)/t28-,30-,31-,32+,36+,37+/m1/s1. The van der Waals surface area contributed by atoms with Crippen LogP contribution in [0, 0.1) is 23.7 Å². The number of aromatic nitrogens is 1. The summed E-state index contributed by atoms with van der Waals surface area (Å²) in [4.78, 5) is 71.7. The molecule has 2 aliphatic rings. The zero-order chi connectivity index (χ0) is 39.6. The number of nitrogens with zero attached hydrogens (tertiary/aromatic N) is 1. The van der Waals surface area contributed by atoms with Crippen LogP contribution in [-0.4, -0.2) is 78.2 Å². The van der Waals surface area contributed by atoms with Gasteiger partial charge in [-0.25, -0.2) is 14.6 Å². The van der Waals surface area contributed by atoms with Crippen molar-refractivity contribution in [2.75, 3.05) is 14.2 Å². The molecule has 3 amide bonds. The Kier molecular flexibility index (Phi) is 14.1. The highest BCUT2D eigenvalue weighted by atomic mass is 16.5. The predicted molar refractivity (Wildman–Crippen MR) is 206 cm³/mol. The van der Waals surface area contributed by atoms with Crippen molar-refractivity contribution >= 4 is 40.6 Å². The molecule has 3 aromatic rings. The minimum absolute atomic E-state index is 0.0763. The molecule has 2 aliphatic carbocycles. The summed E-state index contributed by atoms with van der Waals surface area (Å²) < 4.78 is 17.2. The van der Waals surface area contributed by atoms with Gasteiger partial charge in [0.1, 0.15) is 35.7 Å². The SMILES string of the molecule is CCC[C@H](NC(=O)[C@@H]1C[C@@H](Oc2cc(-c3ccccc3)nc3cc(OC)ccc23)C[C@H]1C(=O)N[C@H](C(=O)N[C@H](C(=O)OC)C1CCCCC1)C(C)C)C(=O)O. The van der Waals surface area contributed by atoms with Gasteiger partial charge < -0.3 is 35.3 Å². The second-order valence-corrected chi connectivity index (χ2v) is 15.0. The van der Waals surface area contributed by atoms with E-state index in [1.54, 1.807) is 27.0 Å². The number of fused-ring (bicyclic) bond motifs is 1. The summed E-state index contributed by atoms with van der Waals surface area (Å²) in [6, 6.07) is 13.9. The van der Waals surface area contributed by atoms with Gasteiger partial charge in [0, 0.05) is 23.1 Å². The van der Waals surface area contributed by atoms with Crippen molar-refractivity contribution in [1.29, 1.82) is 0 Å². The number of pyridine rings is 1. The minimum atomic E-state index is -1.16. The van der Waals surface area contributed by atoms with Crippen LogP contribution in [0.3, 0.4) is 0 Å². The van der Waals surface area contributed by atoms with Gasteiger partial charge in [-0.2, -0.15) is 0 Å². The first-order valence-corrected chi connectivity index (χ1v) is 19.4. The van der Waals surface area contributed by atoms with Crippen molar-refractivity contribution in [3.05, 3.63) is 54.6 Å². The Balaban J connectivity index is 1.43. The Morgan fingerprint density at radius 3 is 2.15 bits per heavy atom. The average Bonchev–Trinajstić information content (AvgIpc) is 3.62. The number of nitrogens with one attached hydrogen (secondary N) is 3. The Hall–Kier alpha value is -5.20. The van der Waals surface area contributed by atoms with Gasteiger partial charge in [0.2, 0.25) is 17.7 Å². The van der Waals surface area contributed by atoms with Gasteiger partial charge in [-0.15, -0.1) is 0 Å². The van der Waals surface area contributed by atoms with Crippen molar-refractivity contribution in [1.82, 2.24) is 20.9 Å². The fraction of sp³-hybridized carbons (Fsp3) is 0.524. The number of amides is 3. The number of esters is 1. The highest BCUT2D eigenvalue weighted by molar-refractivity contribution is 5.94. The van der Waals surface area contributed by atoms with Crippen LogP contribution in [0.2, 0.25) is 0 Å². The van der Waals surface area contributed by atoms with E-state index in [9.17, 15) is 29.1 Å². The first-order valence-electron chi connectivity index (χ1n) is 19.4. The van der Waals surface area contributed by atoms with E-state index in [0.29, 0.717) is 34.5 Å². The average molecular weight is 759 g/mol. The van der Waals surface area contributed by atoms with Gasteiger partial charge in [0.25, 0.3) is 0 Å². The maximum absolute atomic E-state index is 14.3. The second kappa shape index (κ2) is 18.9. The number of hydrogen-bond acceptors (Lipinski definition) is 9. The number of benzene rings is 2. The van der Waals surface area contributed by atoms with E-state index in [0.717, 1.165) is 37.7 Å². The lowest BCUT2D eigenvalue weighted by atomic mass is 9.83. The van der Waals surface area contributed by atoms with Crippen LogP contribution in [0.1, 0.15) is 78.6 Å². The van der Waals surface area contributed by atoms with Crippen molar-refractivity contribution < 1.29 is 43.3 Å². The number of hydrogen-bond donors (Lipinski definition) is 4. The lowest BCUT2D eigenvalue weighted by Gasteiger charge is -2.31. The molecule has 1 aromatic heterocycles. The van der Waals surface area contributed by atoms with Crippen LogP contribution in [0.4, 0.5) is 0 Å². The minimum Gasteiger partial charge on any atom is -0.497 e. The van der Waals surface area contributed by atoms with Gasteiger partial charge in [-0.3, -0.25) is 14.4 Å². The zero-order valence-electron chi connectivity index (χ0n) is 32.3. The number of aliphatic carboxylic acids is 1. The van der Waals surface area contributed by atoms with Gasteiger partial charge >= 0.3 is 11.9 Å². The summed E-state index contributed by atoms with van der Waals surface area (Å²) in [5, 5.41) is 19.0. The van der Waals surface area contributed by atoms with Gasteiger partial charge in [0.15, 0.2) is 0 Å². The van der Waals surface area contributed by atoms with E-state index in [1.807, 2.05) is 55.5 Å². The van der Waals surface area contributed by atoms with E-state index < -0.39 is 65.7 Å². The van der Waals surface area contributed by atoms with Crippen LogP contribution < -0.4 is 25.4 Å². The molecule has 6 atom stereocenters. The largest absolute Gasteiger partial charge is 0.497 e. The number of carbonyl (C=O) groups is 5. The summed E-state index contributed by atoms with van der Waals surface area (Å²) in [6.45, 7) is 5.41. The molecule has 0 aliphatic heterocycles. The first kappa shape index (κ1) is 41.0. The first-order chi connectivity index (χ1) is 26.4. The maximum Gasteiger partial charge on any atom is 0.328 e. The summed E-state index contributed by atoms with van der Waals surface area (Å²) >= 11 is 0. The fourth-order valence-corrected chi connectivity index (χ4v) is 7.83. The Morgan fingerprint density at radius 1 is 0.873 bits per heavy atom. The van der Waals surface area contributed by atoms with Gasteiger partial charge in [-0.1, -0.05) is 76.8 Å². The smallest absolute Gasteiger partial charge is 0.328 e. The highest BCUT2D eigenvalue weighted by Crippen LogP contribution is 2.39. The molecule has 0 spiro atoms. The van der Waals surface area contributed by atoms with E-state index in [-0.39, 0.29) is 31.1 Å². The number of carbonyl (C=O) groups excluding carboxylic acids is 4. The highest BCUT2D eigenvalue weighted by Gasteiger charge is 2.46. The maximum atomic E-state index is 14.3. The Morgan fingerprint density at radius 2 is 1.55 bits per heavy atom. The molecule has 5 rings (SSSR count). The zero-order valence-corrected chi connectivity index (χ0v) is 32.3. The Bertz CT molecular complexity index is 1830. The van der Waals surface area contributed by atoms with Crippen molar-refractivity contribution in [3.8, 4) is 22.8 Å². The number of rotatable bonds is 16. The van der Waals surface area contributed by atoms with Crippen LogP contribution in [0.25, 0.3) is 22.2 Å². The molecule has 4 N–H and O–H groups in total. The summed E-state index contributed by atoms with van der Waals surface area (Å²) in [7, 11) is 2.87. The molecule has 1 heterocycles. The van der Waals surface area contributed by atoms with E-state index >= 15 is 0 Å². The van der Waals surface area contributed by atoms with Crippen molar-refractivity contribution in [3.63, 3.8) is 0 Å². The molecule has 2 fully saturated rings. The third-order valence-electron chi connectivity index (χ3n) is 10.8. The van der Waals surface area contributed by atoms with Crippen LogP contribution in [0.15, 0.2) is 54.6 Å². The van der Waals surface area contributed by atoms with E-state index in [1.165, 1.54) is 7.11 Å². The molecule has 2 saturated carbocycles. The monoisotopic (exact) mass is 758 g/mol. The lowest BCUT2D eigenvalue weighted by molar-refractivity contribution is -0.147. The molecule has 0 saturated heterocycles. The van der Waals surface area contributed by atoms with E-state index in [4.69, 9.17) is 19.2 Å². The number of carboxylic acid groups (broad SMARTS) is 1. The third kappa shape index (κ3) is 10.1. The molecule has 0 radical (unpaired) electrons. The van der Waals surface area contributed by atoms with Crippen LogP contribution in [-0.2, 0) is 28.7 Å². The number of carboxylic acids is 1. The van der Waals surface area contributed by atoms with Gasteiger partial charge in [0.05, 0.1) is 37.3 Å². The topological polar surface area (TPSA) is 182 Å². The molecule has 2 aromatic carbocycles. The molecule has 55 heavy (non-hydrogen) atoms. The summed E-state index contributed by atoms with van der Waals surface area (Å²) in [5.41, 5.74) is 2.15. The Labute approximate surface area is 322 Å². The van der Waals surface area contributed by atoms with E-state index in [2.05, 4.69) is 16.0 Å². The molecule has 13 heteroatoms. The quantitative estimate of drug-likeness (QED) is 0.138. The van der Waals surface area contributed by atoms with Crippen LogP contribution >= 0.6 is 0 Å². The second-order valence-electron chi connectivity index (χ2n) is 15.0. The van der Waals surface area contributed by atoms with Gasteiger partial charge in [-0.05, 0) is 56.1 Å². The van der Waals surface area contributed by atoms with Crippen LogP contribution in [0.5, 0.6) is 11.5 Å². The number of methoxy groups -OCH3 is 2. The molecule has 13 nitrogen and oxygen atoms in total. The lowest BCUT2D eigenvalue weighted by Crippen LogP contribution is -2.57. The third-order valence-corrected chi connectivity index (χ3v) is 10.8. The van der Waals surface area contributed by atoms with Crippen molar-refractivity contribution in [2.45, 2.75) is 103 Å². The normalized spacial score (nSPS) is 20.2. The molecular weight excluding hydrogens is 704 g/mol. The van der Waals surface area contributed by atoms with Crippen molar-refractivity contribution in [2.24, 2.45) is 23.7 Å². The molecular formula is C42H54N4O9. The molecule has 296 valence electrons.